The van der Waals surface area contributed by atoms with Crippen molar-refractivity contribution in [2.24, 2.45) is 5.41 Å². The lowest BCUT2D eigenvalue weighted by atomic mass is 9.76. The van der Waals surface area contributed by atoms with Gasteiger partial charge < -0.3 is 0 Å². The molecule has 94 valence electrons. The standard InChI is InChI=1S/C17H26/c1-16(2,3)13-9-7-12-8-10-15(14(12)11-13)17(4,5)6/h7,9,11,15H,8,10H2,1-6H3. The third-order valence-corrected chi connectivity index (χ3v) is 4.14. The highest BCUT2D eigenvalue weighted by molar-refractivity contribution is 5.41. The molecule has 0 aliphatic heterocycles. The molecule has 0 saturated heterocycles. The Morgan fingerprint density at radius 2 is 1.65 bits per heavy atom. The fourth-order valence-corrected chi connectivity index (χ4v) is 2.97. The van der Waals surface area contributed by atoms with Crippen molar-refractivity contribution in [3.8, 4) is 0 Å². The maximum absolute atomic E-state index is 2.47. The molecule has 0 N–H and O–H groups in total. The molecule has 0 heterocycles. The largest absolute Gasteiger partial charge is 0.0596 e. The Labute approximate surface area is 106 Å². The Morgan fingerprint density at radius 3 is 2.18 bits per heavy atom. The van der Waals surface area contributed by atoms with Gasteiger partial charge in [-0.05, 0) is 46.3 Å². The summed E-state index contributed by atoms with van der Waals surface area (Å²) in [5, 5.41) is 0. The smallest absolute Gasteiger partial charge is 0.0107 e. The minimum atomic E-state index is 0.264. The number of aryl methyl sites for hydroxylation is 1. The first-order chi connectivity index (χ1) is 7.69. The quantitative estimate of drug-likeness (QED) is 0.584. The maximum Gasteiger partial charge on any atom is -0.0107 e. The lowest BCUT2D eigenvalue weighted by molar-refractivity contribution is 0.319. The molecule has 0 fully saturated rings. The Hall–Kier alpha value is -0.780. The van der Waals surface area contributed by atoms with Crippen LogP contribution in [0.15, 0.2) is 18.2 Å². The van der Waals surface area contributed by atoms with E-state index in [-0.39, 0.29) is 5.41 Å². The summed E-state index contributed by atoms with van der Waals surface area (Å²) in [4.78, 5) is 0. The number of benzene rings is 1. The molecule has 0 amide bonds. The first-order valence-electron chi connectivity index (χ1n) is 6.83. The highest BCUT2D eigenvalue weighted by atomic mass is 14.4. The molecule has 0 radical (unpaired) electrons. The van der Waals surface area contributed by atoms with E-state index in [9.17, 15) is 0 Å². The molecule has 0 saturated carbocycles. The van der Waals surface area contributed by atoms with Crippen molar-refractivity contribution in [3.63, 3.8) is 0 Å². The Bertz CT molecular complexity index is 413. The van der Waals surface area contributed by atoms with Crippen LogP contribution in [-0.4, -0.2) is 0 Å². The van der Waals surface area contributed by atoms with Gasteiger partial charge in [0.25, 0.3) is 0 Å². The molecule has 1 aromatic carbocycles. The van der Waals surface area contributed by atoms with Gasteiger partial charge in [-0.2, -0.15) is 0 Å². The fraction of sp³-hybridized carbons (Fsp3) is 0.647. The van der Waals surface area contributed by atoms with Gasteiger partial charge in [-0.3, -0.25) is 0 Å². The van der Waals surface area contributed by atoms with Crippen molar-refractivity contribution < 1.29 is 0 Å². The number of rotatable bonds is 0. The van der Waals surface area contributed by atoms with Crippen LogP contribution in [0.2, 0.25) is 0 Å². The van der Waals surface area contributed by atoms with Crippen molar-refractivity contribution in [1.82, 2.24) is 0 Å². The van der Waals surface area contributed by atoms with E-state index in [1.165, 1.54) is 18.4 Å². The second-order valence-electron chi connectivity index (χ2n) is 7.62. The zero-order chi connectivity index (χ0) is 12.8. The zero-order valence-corrected chi connectivity index (χ0v) is 12.2. The van der Waals surface area contributed by atoms with E-state index in [1.54, 1.807) is 11.1 Å². The molecule has 1 aliphatic rings. The van der Waals surface area contributed by atoms with Gasteiger partial charge >= 0.3 is 0 Å². The summed E-state index contributed by atoms with van der Waals surface area (Å²) in [5.41, 5.74) is 5.33. The van der Waals surface area contributed by atoms with Gasteiger partial charge in [0.05, 0.1) is 0 Å². The van der Waals surface area contributed by atoms with Gasteiger partial charge in [-0.25, -0.2) is 0 Å². The molecule has 1 aromatic rings. The van der Waals surface area contributed by atoms with Crippen molar-refractivity contribution in [1.29, 1.82) is 0 Å². The highest BCUT2D eigenvalue weighted by Gasteiger charge is 2.32. The van der Waals surface area contributed by atoms with Crippen LogP contribution in [0.25, 0.3) is 0 Å². The van der Waals surface area contributed by atoms with Crippen LogP contribution in [0.3, 0.4) is 0 Å². The van der Waals surface area contributed by atoms with E-state index in [0.29, 0.717) is 5.41 Å². The van der Waals surface area contributed by atoms with Crippen molar-refractivity contribution >= 4 is 0 Å². The molecule has 1 unspecified atom stereocenters. The number of hydrogen-bond acceptors (Lipinski definition) is 0. The Balaban J connectivity index is 2.45. The van der Waals surface area contributed by atoms with Gasteiger partial charge in [-0.1, -0.05) is 59.7 Å². The van der Waals surface area contributed by atoms with Gasteiger partial charge in [0.1, 0.15) is 0 Å². The summed E-state index contributed by atoms with van der Waals surface area (Å²) in [6.07, 6.45) is 2.59. The fourth-order valence-electron chi connectivity index (χ4n) is 2.97. The van der Waals surface area contributed by atoms with Gasteiger partial charge in [0, 0.05) is 0 Å². The third-order valence-electron chi connectivity index (χ3n) is 4.14. The summed E-state index contributed by atoms with van der Waals surface area (Å²) < 4.78 is 0. The molecule has 0 heteroatoms. The van der Waals surface area contributed by atoms with E-state index >= 15 is 0 Å². The average Bonchev–Trinajstić information content (AvgIpc) is 2.57. The summed E-state index contributed by atoms with van der Waals surface area (Å²) in [5.74, 6) is 0.736. The molecule has 1 aliphatic carbocycles. The predicted molar refractivity (Wildman–Crippen MR) is 75.7 cm³/mol. The van der Waals surface area contributed by atoms with E-state index in [1.807, 2.05) is 0 Å². The van der Waals surface area contributed by atoms with Crippen LogP contribution in [-0.2, 0) is 11.8 Å². The summed E-state index contributed by atoms with van der Waals surface area (Å²) in [6.45, 7) is 14.0. The molecule has 0 nitrogen and oxygen atoms in total. The van der Waals surface area contributed by atoms with Crippen LogP contribution in [0.4, 0.5) is 0 Å². The third kappa shape index (κ3) is 2.41. The van der Waals surface area contributed by atoms with Gasteiger partial charge in [0.15, 0.2) is 0 Å². The first-order valence-corrected chi connectivity index (χ1v) is 6.83. The van der Waals surface area contributed by atoms with E-state index in [4.69, 9.17) is 0 Å². The Kier molecular flexibility index (Phi) is 2.88. The van der Waals surface area contributed by atoms with E-state index in [0.717, 1.165) is 5.92 Å². The molecular formula is C17H26. The van der Waals surface area contributed by atoms with Crippen LogP contribution in [0.1, 0.15) is 70.6 Å². The van der Waals surface area contributed by atoms with Crippen molar-refractivity contribution in [2.75, 3.05) is 0 Å². The minimum absolute atomic E-state index is 0.264. The lowest BCUT2D eigenvalue weighted by Gasteiger charge is -2.29. The van der Waals surface area contributed by atoms with Crippen molar-refractivity contribution in [2.45, 2.75) is 65.7 Å². The van der Waals surface area contributed by atoms with Gasteiger partial charge in [-0.15, -0.1) is 0 Å². The molecule has 0 spiro atoms. The van der Waals surface area contributed by atoms with Gasteiger partial charge in [0.2, 0.25) is 0 Å². The number of fused-ring (bicyclic) bond motifs is 1. The minimum Gasteiger partial charge on any atom is -0.0596 e. The van der Waals surface area contributed by atoms with E-state index < -0.39 is 0 Å². The number of hydrogen-bond donors (Lipinski definition) is 0. The second-order valence-corrected chi connectivity index (χ2v) is 7.62. The average molecular weight is 230 g/mol. The normalized spacial score (nSPS) is 20.5. The zero-order valence-electron chi connectivity index (χ0n) is 12.2. The first kappa shape index (κ1) is 12.7. The lowest BCUT2D eigenvalue weighted by Crippen LogP contribution is -2.17. The summed E-state index contributed by atoms with van der Waals surface area (Å²) in [6, 6.07) is 7.16. The van der Waals surface area contributed by atoms with Crippen LogP contribution >= 0.6 is 0 Å². The monoisotopic (exact) mass is 230 g/mol. The SMILES string of the molecule is CC(C)(C)c1ccc2c(c1)C(C(C)(C)C)CC2. The Morgan fingerprint density at radius 1 is 1.00 bits per heavy atom. The predicted octanol–water partition coefficient (Wildman–Crippen LogP) is 5.06. The molecule has 17 heavy (non-hydrogen) atoms. The molecule has 1 atom stereocenters. The summed E-state index contributed by atoms with van der Waals surface area (Å²) >= 11 is 0. The maximum atomic E-state index is 2.47. The molecular weight excluding hydrogens is 204 g/mol. The van der Waals surface area contributed by atoms with Crippen LogP contribution in [0.5, 0.6) is 0 Å². The molecule has 2 rings (SSSR count). The second kappa shape index (κ2) is 3.86. The topological polar surface area (TPSA) is 0 Å². The summed E-state index contributed by atoms with van der Waals surface area (Å²) in [7, 11) is 0. The van der Waals surface area contributed by atoms with Crippen LogP contribution < -0.4 is 0 Å². The molecule has 0 bridgehead atoms. The van der Waals surface area contributed by atoms with E-state index in [2.05, 4.69) is 59.7 Å². The van der Waals surface area contributed by atoms with Crippen molar-refractivity contribution in [3.05, 3.63) is 34.9 Å². The van der Waals surface area contributed by atoms with Crippen LogP contribution in [0, 0.1) is 5.41 Å². The highest BCUT2D eigenvalue weighted by Crippen LogP contribution is 2.45. The molecule has 0 aromatic heterocycles.